The van der Waals surface area contributed by atoms with Gasteiger partial charge in [-0.05, 0) is 55.0 Å². The van der Waals surface area contributed by atoms with E-state index in [4.69, 9.17) is 5.73 Å². The van der Waals surface area contributed by atoms with E-state index in [2.05, 4.69) is 22.2 Å². The second-order valence-corrected chi connectivity index (χ2v) is 6.82. The van der Waals surface area contributed by atoms with Crippen molar-refractivity contribution in [3.05, 3.63) is 47.9 Å². The quantitative estimate of drug-likeness (QED) is 0.807. The molecule has 3 heterocycles. The zero-order valence-corrected chi connectivity index (χ0v) is 15.0. The Bertz CT molecular complexity index is 809. The molecule has 2 aromatic heterocycles. The first-order valence-corrected chi connectivity index (χ1v) is 8.69. The number of anilines is 2. The van der Waals surface area contributed by atoms with Crippen molar-refractivity contribution in [2.45, 2.75) is 32.7 Å². The Hall–Kier alpha value is -2.96. The third kappa shape index (κ3) is 3.82. The monoisotopic (exact) mass is 353 g/mol. The van der Waals surface area contributed by atoms with E-state index < -0.39 is 11.8 Å². The summed E-state index contributed by atoms with van der Waals surface area (Å²) in [4.78, 5) is 35.1. The summed E-state index contributed by atoms with van der Waals surface area (Å²) >= 11 is 0. The Morgan fingerprint density at radius 3 is 2.69 bits per heavy atom. The van der Waals surface area contributed by atoms with Gasteiger partial charge in [0.2, 0.25) is 0 Å². The summed E-state index contributed by atoms with van der Waals surface area (Å²) in [7, 11) is 0. The number of nitrogens with zero attached hydrogens (tertiary/aromatic N) is 3. The number of carbonyl (C=O) groups is 2. The van der Waals surface area contributed by atoms with E-state index in [-0.39, 0.29) is 6.04 Å². The summed E-state index contributed by atoms with van der Waals surface area (Å²) in [5.74, 6) is -0.445. The van der Waals surface area contributed by atoms with Crippen LogP contribution in [0.1, 0.15) is 36.9 Å². The second-order valence-electron chi connectivity index (χ2n) is 6.82. The average Bonchev–Trinajstić information content (AvgIpc) is 2.64. The fourth-order valence-electron chi connectivity index (χ4n) is 3.28. The molecule has 2 aromatic rings. The van der Waals surface area contributed by atoms with Gasteiger partial charge in [-0.15, -0.1) is 0 Å². The number of piperidine rings is 1. The van der Waals surface area contributed by atoms with Crippen molar-refractivity contribution in [3.8, 4) is 0 Å². The van der Waals surface area contributed by atoms with Crippen LogP contribution in [-0.2, 0) is 9.59 Å². The van der Waals surface area contributed by atoms with Gasteiger partial charge in [0.05, 0.1) is 17.9 Å². The summed E-state index contributed by atoms with van der Waals surface area (Å²) in [6, 6.07) is 5.38. The molecule has 0 radical (unpaired) electrons. The normalized spacial score (nSPS) is 19.8. The van der Waals surface area contributed by atoms with Gasteiger partial charge < -0.3 is 16.0 Å². The zero-order chi connectivity index (χ0) is 18.7. The average molecular weight is 353 g/mol. The van der Waals surface area contributed by atoms with Crippen molar-refractivity contribution in [1.29, 1.82) is 0 Å². The predicted octanol–water partition coefficient (Wildman–Crippen LogP) is 2.31. The number of carbonyl (C=O) groups excluding carboxylic acids is 2. The van der Waals surface area contributed by atoms with Crippen molar-refractivity contribution >= 4 is 23.3 Å². The van der Waals surface area contributed by atoms with Crippen LogP contribution in [0.4, 0.5) is 11.5 Å². The Labute approximate surface area is 152 Å². The van der Waals surface area contributed by atoms with Crippen LogP contribution in [0.15, 0.2) is 36.8 Å². The van der Waals surface area contributed by atoms with E-state index in [1.54, 1.807) is 30.3 Å². The molecular weight excluding hydrogens is 330 g/mol. The molecule has 0 bridgehead atoms. The Balaban J connectivity index is 1.78. The predicted molar refractivity (Wildman–Crippen MR) is 99.1 cm³/mol. The van der Waals surface area contributed by atoms with Crippen LogP contribution >= 0.6 is 0 Å². The highest BCUT2D eigenvalue weighted by Crippen LogP contribution is 2.33. The zero-order valence-electron chi connectivity index (χ0n) is 15.0. The molecule has 3 rings (SSSR count). The number of nitrogens with one attached hydrogen (secondary N) is 1. The Morgan fingerprint density at radius 2 is 2.00 bits per heavy atom. The maximum absolute atomic E-state index is 12.8. The minimum absolute atomic E-state index is 0.112. The lowest BCUT2D eigenvalue weighted by atomic mass is 9.90. The lowest BCUT2D eigenvalue weighted by Crippen LogP contribution is -2.46. The third-order valence-corrected chi connectivity index (χ3v) is 4.74. The molecular formula is C19H23N5O2. The number of hydrogen-bond acceptors (Lipinski definition) is 5. The number of hydrogen-bond donors (Lipinski definition) is 2. The van der Waals surface area contributed by atoms with Crippen LogP contribution in [0.3, 0.4) is 0 Å². The molecule has 1 aliphatic rings. The highest BCUT2D eigenvalue weighted by Gasteiger charge is 2.34. The molecule has 3 N–H and O–H groups in total. The number of nitrogen functional groups attached to an aromatic ring is 1. The standard InChI is InChI=1S/C19H23N5O2/c1-12-3-4-16(14-5-7-21-8-6-14)24(11-12)19(26)18(25)23-15-9-13(2)17(20)22-10-15/h5-10,12,16H,3-4,11H2,1-2H3,(H2,20,22)(H,23,25)/t12-,16+/m0/s1. The van der Waals surface area contributed by atoms with E-state index in [9.17, 15) is 9.59 Å². The van der Waals surface area contributed by atoms with E-state index >= 15 is 0 Å². The number of amides is 2. The molecule has 7 heteroatoms. The highest BCUT2D eigenvalue weighted by atomic mass is 16.2. The van der Waals surface area contributed by atoms with Crippen molar-refractivity contribution in [2.75, 3.05) is 17.6 Å². The molecule has 1 aliphatic heterocycles. The van der Waals surface area contributed by atoms with E-state index in [0.717, 1.165) is 24.0 Å². The van der Waals surface area contributed by atoms with Gasteiger partial charge in [0, 0.05) is 18.9 Å². The molecule has 136 valence electrons. The maximum atomic E-state index is 12.8. The van der Waals surface area contributed by atoms with Gasteiger partial charge in [-0.1, -0.05) is 6.92 Å². The molecule has 1 fully saturated rings. The summed E-state index contributed by atoms with van der Waals surface area (Å²) in [6.07, 6.45) is 6.71. The summed E-state index contributed by atoms with van der Waals surface area (Å²) in [6.45, 7) is 4.44. The molecule has 7 nitrogen and oxygen atoms in total. The van der Waals surface area contributed by atoms with Crippen molar-refractivity contribution in [1.82, 2.24) is 14.9 Å². The number of pyridine rings is 2. The molecule has 0 aliphatic carbocycles. The highest BCUT2D eigenvalue weighted by molar-refractivity contribution is 6.39. The minimum Gasteiger partial charge on any atom is -0.383 e. The van der Waals surface area contributed by atoms with E-state index in [1.165, 1.54) is 6.20 Å². The fourth-order valence-corrected chi connectivity index (χ4v) is 3.28. The molecule has 2 atom stereocenters. The molecule has 0 saturated carbocycles. The van der Waals surface area contributed by atoms with Gasteiger partial charge in [-0.2, -0.15) is 0 Å². The second kappa shape index (κ2) is 7.51. The molecule has 0 unspecified atom stereocenters. The van der Waals surface area contributed by atoms with Crippen LogP contribution in [0.25, 0.3) is 0 Å². The van der Waals surface area contributed by atoms with Gasteiger partial charge in [0.15, 0.2) is 0 Å². The van der Waals surface area contributed by atoms with Gasteiger partial charge in [0.1, 0.15) is 5.82 Å². The number of aryl methyl sites for hydroxylation is 1. The van der Waals surface area contributed by atoms with Gasteiger partial charge in [-0.25, -0.2) is 4.98 Å². The summed E-state index contributed by atoms with van der Waals surface area (Å²) < 4.78 is 0. The first-order chi connectivity index (χ1) is 12.5. The van der Waals surface area contributed by atoms with Gasteiger partial charge >= 0.3 is 11.8 Å². The number of likely N-dealkylation sites (tertiary alicyclic amines) is 1. The largest absolute Gasteiger partial charge is 0.383 e. The number of rotatable bonds is 2. The third-order valence-electron chi connectivity index (χ3n) is 4.74. The topological polar surface area (TPSA) is 101 Å². The number of aromatic nitrogens is 2. The van der Waals surface area contributed by atoms with Crippen molar-refractivity contribution < 1.29 is 9.59 Å². The van der Waals surface area contributed by atoms with Crippen LogP contribution in [-0.4, -0.2) is 33.2 Å². The van der Waals surface area contributed by atoms with Gasteiger partial charge in [-0.3, -0.25) is 14.6 Å². The van der Waals surface area contributed by atoms with Crippen LogP contribution in [0.5, 0.6) is 0 Å². The molecule has 26 heavy (non-hydrogen) atoms. The first kappa shape index (κ1) is 17.8. The maximum Gasteiger partial charge on any atom is 0.313 e. The van der Waals surface area contributed by atoms with Crippen LogP contribution in [0.2, 0.25) is 0 Å². The molecule has 0 spiro atoms. The lowest BCUT2D eigenvalue weighted by molar-refractivity contribution is -0.146. The van der Waals surface area contributed by atoms with Crippen molar-refractivity contribution in [2.24, 2.45) is 5.92 Å². The van der Waals surface area contributed by atoms with Crippen LogP contribution in [0, 0.1) is 12.8 Å². The first-order valence-electron chi connectivity index (χ1n) is 8.69. The Kier molecular flexibility index (Phi) is 5.16. The van der Waals surface area contributed by atoms with E-state index in [0.29, 0.717) is 24.0 Å². The molecule has 0 aromatic carbocycles. The fraction of sp³-hybridized carbons (Fsp3) is 0.368. The van der Waals surface area contributed by atoms with Crippen LogP contribution < -0.4 is 11.1 Å². The van der Waals surface area contributed by atoms with E-state index in [1.807, 2.05) is 12.1 Å². The molecule has 2 amide bonds. The summed E-state index contributed by atoms with van der Waals surface area (Å²) in [5.41, 5.74) is 7.89. The number of nitrogens with two attached hydrogens (primary N) is 1. The minimum atomic E-state index is -0.663. The smallest absolute Gasteiger partial charge is 0.313 e. The molecule has 1 saturated heterocycles. The summed E-state index contributed by atoms with van der Waals surface area (Å²) in [5, 5.41) is 2.63. The lowest BCUT2D eigenvalue weighted by Gasteiger charge is -2.38. The Morgan fingerprint density at radius 1 is 1.27 bits per heavy atom. The van der Waals surface area contributed by atoms with Crippen molar-refractivity contribution in [3.63, 3.8) is 0 Å². The SMILES string of the molecule is Cc1cc(NC(=O)C(=O)N2C[C@@H](C)CC[C@@H]2c2ccncc2)cnc1N. The van der Waals surface area contributed by atoms with Gasteiger partial charge in [0.25, 0.3) is 0 Å².